The van der Waals surface area contributed by atoms with Gasteiger partial charge in [0.2, 0.25) is 5.91 Å². The number of urea groups is 2. The van der Waals surface area contributed by atoms with E-state index in [0.717, 1.165) is 6.42 Å². The third-order valence-corrected chi connectivity index (χ3v) is 3.95. The van der Waals surface area contributed by atoms with E-state index in [1.165, 1.54) is 31.4 Å². The molecule has 1 heterocycles. The molecule has 0 radical (unpaired) electrons. The van der Waals surface area contributed by atoms with E-state index in [1.54, 1.807) is 0 Å². The van der Waals surface area contributed by atoms with E-state index in [9.17, 15) is 24.0 Å². The maximum absolute atomic E-state index is 12.4. The van der Waals surface area contributed by atoms with Crippen LogP contribution in [-0.4, -0.2) is 54.9 Å². The lowest BCUT2D eigenvalue weighted by Gasteiger charge is -2.15. The van der Waals surface area contributed by atoms with Gasteiger partial charge in [0.1, 0.15) is 12.3 Å². The van der Waals surface area contributed by atoms with Gasteiger partial charge in [0, 0.05) is 6.54 Å². The van der Waals surface area contributed by atoms with Gasteiger partial charge in [-0.3, -0.25) is 19.7 Å². The average Bonchev–Trinajstić information content (AvgIpc) is 2.85. The Labute approximate surface area is 161 Å². The molecule has 0 atom stereocenters. The zero-order chi connectivity index (χ0) is 20.8. The van der Waals surface area contributed by atoms with Crippen LogP contribution in [0.2, 0.25) is 0 Å². The quantitative estimate of drug-likeness (QED) is 0.525. The van der Waals surface area contributed by atoms with Crippen LogP contribution in [-0.2, 0) is 14.4 Å². The van der Waals surface area contributed by atoms with E-state index >= 15 is 0 Å². The Balaban J connectivity index is 1.99. The second kappa shape index (κ2) is 8.98. The Bertz CT molecular complexity index is 790. The van der Waals surface area contributed by atoms with Crippen molar-refractivity contribution in [2.45, 2.75) is 20.3 Å². The van der Waals surface area contributed by atoms with E-state index in [4.69, 9.17) is 4.74 Å². The smallest absolute Gasteiger partial charge is 0.339 e. The molecular formula is C18H22N4O6. The van der Waals surface area contributed by atoms with Crippen molar-refractivity contribution >= 4 is 35.5 Å². The van der Waals surface area contributed by atoms with Gasteiger partial charge in [0.05, 0.1) is 12.8 Å². The van der Waals surface area contributed by atoms with Crippen LogP contribution in [0.5, 0.6) is 5.75 Å². The molecule has 1 fully saturated rings. The van der Waals surface area contributed by atoms with Crippen molar-refractivity contribution in [3.05, 3.63) is 24.3 Å². The molecule has 28 heavy (non-hydrogen) atoms. The highest BCUT2D eigenvalue weighted by molar-refractivity contribution is 6.53. The summed E-state index contributed by atoms with van der Waals surface area (Å²) < 4.78 is 5.00. The molecule has 0 bridgehead atoms. The van der Waals surface area contributed by atoms with Crippen LogP contribution in [0.4, 0.5) is 15.3 Å². The first-order valence-corrected chi connectivity index (χ1v) is 8.66. The van der Waals surface area contributed by atoms with E-state index in [-0.39, 0.29) is 5.69 Å². The fourth-order valence-corrected chi connectivity index (χ4v) is 2.43. The first kappa shape index (κ1) is 20.9. The lowest BCUT2D eigenvalue weighted by atomic mass is 10.1. The third-order valence-electron chi connectivity index (χ3n) is 3.95. The molecule has 2 rings (SSSR count). The van der Waals surface area contributed by atoms with Gasteiger partial charge < -0.3 is 10.1 Å². The molecule has 1 aromatic rings. The summed E-state index contributed by atoms with van der Waals surface area (Å²) in [6.07, 6.45) is 0.732. The van der Waals surface area contributed by atoms with Gasteiger partial charge in [-0.05, 0) is 36.6 Å². The predicted octanol–water partition coefficient (Wildman–Crippen LogP) is 0.862. The molecule has 1 aliphatic rings. The van der Waals surface area contributed by atoms with Gasteiger partial charge in [-0.15, -0.1) is 0 Å². The first-order chi connectivity index (χ1) is 13.2. The number of anilines is 1. The Morgan fingerprint density at radius 3 is 2.29 bits per heavy atom. The molecule has 0 unspecified atom stereocenters. The fraction of sp³-hybridized carbons (Fsp3) is 0.389. The molecule has 2 N–H and O–H groups in total. The standard InChI is InChI=1S/C18H22N4O6/c1-11(2)8-9-19-17(26)20-14(23)10-21-15(24)16(25)22(18(21)27)12-4-6-13(28-3)7-5-12/h4-7,11H,8-10H2,1-3H3,(H2,19,20,23,26). The number of amides is 7. The Kier molecular flexibility index (Phi) is 6.69. The van der Waals surface area contributed by atoms with Crippen molar-refractivity contribution in [1.82, 2.24) is 15.5 Å². The van der Waals surface area contributed by atoms with Crippen LogP contribution in [0.25, 0.3) is 0 Å². The highest BCUT2D eigenvalue weighted by atomic mass is 16.5. The molecule has 10 heteroatoms. The predicted molar refractivity (Wildman–Crippen MR) is 98.6 cm³/mol. The minimum atomic E-state index is -1.14. The summed E-state index contributed by atoms with van der Waals surface area (Å²) in [7, 11) is 1.46. The van der Waals surface area contributed by atoms with E-state index < -0.39 is 36.3 Å². The van der Waals surface area contributed by atoms with Crippen molar-refractivity contribution in [3.63, 3.8) is 0 Å². The molecule has 0 aromatic heterocycles. The molecule has 0 aliphatic carbocycles. The molecule has 1 saturated heterocycles. The number of hydrogen-bond donors (Lipinski definition) is 2. The van der Waals surface area contributed by atoms with E-state index in [0.29, 0.717) is 28.0 Å². The second-order valence-corrected chi connectivity index (χ2v) is 6.50. The largest absolute Gasteiger partial charge is 0.497 e. The summed E-state index contributed by atoms with van der Waals surface area (Å²) in [6, 6.07) is 4.23. The number of ether oxygens (including phenoxy) is 1. The summed E-state index contributed by atoms with van der Waals surface area (Å²) in [6.45, 7) is 3.61. The van der Waals surface area contributed by atoms with Crippen molar-refractivity contribution in [2.75, 3.05) is 25.1 Å². The summed E-state index contributed by atoms with van der Waals surface area (Å²) in [4.78, 5) is 61.5. The minimum absolute atomic E-state index is 0.165. The summed E-state index contributed by atoms with van der Waals surface area (Å²) in [5.41, 5.74) is 0.165. The Hall–Kier alpha value is -3.43. The number of carbonyl (C=O) groups excluding carboxylic acids is 5. The van der Waals surface area contributed by atoms with Crippen LogP contribution in [0.3, 0.4) is 0 Å². The maximum Gasteiger partial charge on any atom is 0.339 e. The lowest BCUT2D eigenvalue weighted by Crippen LogP contribution is -2.46. The highest BCUT2D eigenvalue weighted by Gasteiger charge is 2.46. The molecule has 150 valence electrons. The number of benzene rings is 1. The Morgan fingerprint density at radius 1 is 1.07 bits per heavy atom. The SMILES string of the molecule is COc1ccc(N2C(=O)C(=O)N(CC(=O)NC(=O)NCCC(C)C)C2=O)cc1. The van der Waals surface area contributed by atoms with E-state index in [1.807, 2.05) is 19.2 Å². The molecule has 10 nitrogen and oxygen atoms in total. The van der Waals surface area contributed by atoms with Crippen LogP contribution < -0.4 is 20.3 Å². The highest BCUT2D eigenvalue weighted by Crippen LogP contribution is 2.24. The number of nitrogens with one attached hydrogen (secondary N) is 2. The minimum Gasteiger partial charge on any atom is -0.497 e. The number of rotatable bonds is 7. The van der Waals surface area contributed by atoms with Gasteiger partial charge in [-0.25, -0.2) is 19.4 Å². The molecular weight excluding hydrogens is 368 g/mol. The monoisotopic (exact) mass is 390 g/mol. The number of imide groups is 3. The number of hydrogen-bond acceptors (Lipinski definition) is 6. The molecule has 0 spiro atoms. The molecule has 1 aromatic carbocycles. The van der Waals surface area contributed by atoms with Crippen molar-refractivity contribution < 1.29 is 28.7 Å². The van der Waals surface area contributed by atoms with Crippen LogP contribution in [0, 0.1) is 5.92 Å². The van der Waals surface area contributed by atoms with Gasteiger partial charge >= 0.3 is 23.9 Å². The van der Waals surface area contributed by atoms with Gasteiger partial charge in [-0.2, -0.15) is 0 Å². The van der Waals surface area contributed by atoms with Crippen molar-refractivity contribution in [3.8, 4) is 5.75 Å². The van der Waals surface area contributed by atoms with Gasteiger partial charge in [0.15, 0.2) is 0 Å². The molecule has 0 saturated carbocycles. The summed E-state index contributed by atoms with van der Waals surface area (Å²) in [5.74, 6) is -2.21. The van der Waals surface area contributed by atoms with Crippen molar-refractivity contribution in [1.29, 1.82) is 0 Å². The van der Waals surface area contributed by atoms with Gasteiger partial charge in [0.25, 0.3) is 0 Å². The molecule has 7 amide bonds. The summed E-state index contributed by atoms with van der Waals surface area (Å²) in [5, 5.41) is 4.52. The average molecular weight is 390 g/mol. The zero-order valence-corrected chi connectivity index (χ0v) is 15.9. The Morgan fingerprint density at radius 2 is 1.71 bits per heavy atom. The van der Waals surface area contributed by atoms with E-state index in [2.05, 4.69) is 5.32 Å². The van der Waals surface area contributed by atoms with Crippen molar-refractivity contribution in [2.24, 2.45) is 5.92 Å². The summed E-state index contributed by atoms with van der Waals surface area (Å²) >= 11 is 0. The first-order valence-electron chi connectivity index (χ1n) is 8.66. The lowest BCUT2D eigenvalue weighted by molar-refractivity contribution is -0.140. The number of carbonyl (C=O) groups is 5. The topological polar surface area (TPSA) is 125 Å². The maximum atomic E-state index is 12.4. The van der Waals surface area contributed by atoms with Crippen LogP contribution >= 0.6 is 0 Å². The zero-order valence-electron chi connectivity index (χ0n) is 15.9. The molecule has 1 aliphatic heterocycles. The normalized spacial score (nSPS) is 13.9. The number of methoxy groups -OCH3 is 1. The second-order valence-electron chi connectivity index (χ2n) is 6.50. The van der Waals surface area contributed by atoms with Gasteiger partial charge in [-0.1, -0.05) is 13.8 Å². The number of nitrogens with zero attached hydrogens (tertiary/aromatic N) is 2. The fourth-order valence-electron chi connectivity index (χ4n) is 2.43. The van der Waals surface area contributed by atoms with Crippen LogP contribution in [0.15, 0.2) is 24.3 Å². The third kappa shape index (κ3) is 4.84. The van der Waals surface area contributed by atoms with Crippen LogP contribution in [0.1, 0.15) is 20.3 Å².